The van der Waals surface area contributed by atoms with Crippen LogP contribution >= 0.6 is 11.3 Å². The fraction of sp³-hybridized carbons (Fsp3) is 0.273. The van der Waals surface area contributed by atoms with Gasteiger partial charge in [0.2, 0.25) is 0 Å². The Balaban J connectivity index is 2.18. The van der Waals surface area contributed by atoms with Gasteiger partial charge >= 0.3 is 5.97 Å². The maximum Gasteiger partial charge on any atom is 0.311 e. The van der Waals surface area contributed by atoms with Gasteiger partial charge in [0.15, 0.2) is 0 Å². The molecule has 2 heterocycles. The van der Waals surface area contributed by atoms with Crippen LogP contribution in [0.3, 0.4) is 0 Å². The first kappa shape index (κ1) is 10.1. The fourth-order valence-electron chi connectivity index (χ4n) is 1.38. The normalized spacial score (nSPS) is 10.5. The number of pyridine rings is 1. The lowest BCUT2D eigenvalue weighted by molar-refractivity contribution is -0.142. The second-order valence-corrected chi connectivity index (χ2v) is 4.28. The number of nitrogens with zero attached hydrogens (tertiary/aromatic N) is 1. The Kier molecular flexibility index (Phi) is 2.97. The summed E-state index contributed by atoms with van der Waals surface area (Å²) in [5.41, 5.74) is 0. The Bertz CT molecular complexity index is 445. The van der Waals surface area contributed by atoms with Crippen molar-refractivity contribution < 1.29 is 9.53 Å². The van der Waals surface area contributed by atoms with Crippen molar-refractivity contribution in [2.75, 3.05) is 6.61 Å². The molecule has 0 atom stereocenters. The molecule has 78 valence electrons. The third-order valence-corrected chi connectivity index (χ3v) is 3.11. The minimum Gasteiger partial charge on any atom is -0.466 e. The number of aromatic nitrogens is 1. The first-order chi connectivity index (χ1) is 7.29. The van der Waals surface area contributed by atoms with Crippen LogP contribution in [0.15, 0.2) is 24.5 Å². The molecule has 0 fully saturated rings. The number of esters is 1. The molecule has 0 radical (unpaired) electrons. The summed E-state index contributed by atoms with van der Waals surface area (Å²) in [5, 5.41) is 1.08. The highest BCUT2D eigenvalue weighted by Gasteiger charge is 2.07. The Morgan fingerprint density at radius 1 is 1.60 bits per heavy atom. The van der Waals surface area contributed by atoms with E-state index in [2.05, 4.69) is 4.98 Å². The van der Waals surface area contributed by atoms with Crippen LogP contribution in [0, 0.1) is 0 Å². The van der Waals surface area contributed by atoms with Crippen molar-refractivity contribution in [3.8, 4) is 0 Å². The highest BCUT2D eigenvalue weighted by molar-refractivity contribution is 7.19. The standard InChI is InChI=1S/C11H11NO2S/c1-2-14-11(13)6-9-5-8-7-12-4-3-10(8)15-9/h3-5,7H,2,6H2,1H3. The molecule has 0 bridgehead atoms. The summed E-state index contributed by atoms with van der Waals surface area (Å²) in [6, 6.07) is 3.94. The average molecular weight is 221 g/mol. The highest BCUT2D eigenvalue weighted by atomic mass is 32.1. The second-order valence-electron chi connectivity index (χ2n) is 3.11. The first-order valence-corrected chi connectivity index (χ1v) is 5.59. The predicted octanol–water partition coefficient (Wildman–Crippen LogP) is 2.40. The van der Waals surface area contributed by atoms with Crippen LogP contribution in [-0.4, -0.2) is 17.6 Å². The summed E-state index contributed by atoms with van der Waals surface area (Å²) >= 11 is 1.61. The van der Waals surface area contributed by atoms with Crippen LogP contribution in [0.4, 0.5) is 0 Å². The summed E-state index contributed by atoms with van der Waals surface area (Å²) in [7, 11) is 0. The molecule has 0 spiro atoms. The first-order valence-electron chi connectivity index (χ1n) is 4.77. The molecule has 2 aromatic heterocycles. The molecule has 0 aliphatic carbocycles. The molecule has 0 amide bonds. The van der Waals surface area contributed by atoms with Crippen molar-refractivity contribution >= 4 is 27.4 Å². The number of carbonyl (C=O) groups excluding carboxylic acids is 1. The Morgan fingerprint density at radius 3 is 3.20 bits per heavy atom. The largest absolute Gasteiger partial charge is 0.466 e. The number of rotatable bonds is 3. The molecule has 0 saturated carbocycles. The molecule has 3 nitrogen and oxygen atoms in total. The van der Waals surface area contributed by atoms with E-state index in [4.69, 9.17) is 4.74 Å². The van der Waals surface area contributed by atoms with Gasteiger partial charge in [0.1, 0.15) is 0 Å². The van der Waals surface area contributed by atoms with Crippen molar-refractivity contribution in [3.63, 3.8) is 0 Å². The molecule has 2 aromatic rings. The fourth-order valence-corrected chi connectivity index (χ4v) is 2.40. The lowest BCUT2D eigenvalue weighted by atomic mass is 10.3. The molecule has 4 heteroatoms. The summed E-state index contributed by atoms with van der Waals surface area (Å²) in [6.45, 7) is 2.25. The van der Waals surface area contributed by atoms with Gasteiger partial charge in [0.25, 0.3) is 0 Å². The van der Waals surface area contributed by atoms with Gasteiger partial charge in [-0.2, -0.15) is 0 Å². The summed E-state index contributed by atoms with van der Waals surface area (Å²) < 4.78 is 6.05. The van der Waals surface area contributed by atoms with Gasteiger partial charge in [-0.05, 0) is 19.1 Å². The Labute approximate surface area is 91.7 Å². The molecule has 15 heavy (non-hydrogen) atoms. The van der Waals surface area contributed by atoms with E-state index in [0.29, 0.717) is 13.0 Å². The molecule has 0 unspecified atom stereocenters. The van der Waals surface area contributed by atoms with E-state index >= 15 is 0 Å². The summed E-state index contributed by atoms with van der Waals surface area (Å²) in [6.07, 6.45) is 3.92. The van der Waals surface area contributed by atoms with Gasteiger partial charge in [-0.25, -0.2) is 0 Å². The molecular formula is C11H11NO2S. The van der Waals surface area contributed by atoms with Gasteiger partial charge in [0, 0.05) is 27.4 Å². The van der Waals surface area contributed by atoms with Crippen LogP contribution in [0.5, 0.6) is 0 Å². The lowest BCUT2D eigenvalue weighted by Crippen LogP contribution is -2.05. The molecule has 0 aliphatic heterocycles. The number of hydrogen-bond acceptors (Lipinski definition) is 4. The molecule has 0 aromatic carbocycles. The molecule has 0 aliphatic rings. The van der Waals surface area contributed by atoms with E-state index in [1.165, 1.54) is 0 Å². The Hall–Kier alpha value is -1.42. The van der Waals surface area contributed by atoms with Crippen molar-refractivity contribution in [3.05, 3.63) is 29.4 Å². The zero-order valence-corrected chi connectivity index (χ0v) is 9.21. The van der Waals surface area contributed by atoms with Crippen LogP contribution in [-0.2, 0) is 16.0 Å². The van der Waals surface area contributed by atoms with Gasteiger partial charge in [-0.15, -0.1) is 11.3 Å². The number of ether oxygens (including phenoxy) is 1. The van der Waals surface area contributed by atoms with Gasteiger partial charge in [0.05, 0.1) is 13.0 Å². The van der Waals surface area contributed by atoms with Gasteiger partial charge < -0.3 is 4.74 Å². The predicted molar refractivity (Wildman–Crippen MR) is 60.0 cm³/mol. The third-order valence-electron chi connectivity index (χ3n) is 1.99. The van der Waals surface area contributed by atoms with Gasteiger partial charge in [-0.1, -0.05) is 0 Å². The van der Waals surface area contributed by atoms with Gasteiger partial charge in [-0.3, -0.25) is 9.78 Å². The summed E-state index contributed by atoms with van der Waals surface area (Å²) in [5.74, 6) is -0.169. The number of carbonyl (C=O) groups is 1. The molecular weight excluding hydrogens is 210 g/mol. The van der Waals surface area contributed by atoms with Crippen LogP contribution in [0.1, 0.15) is 11.8 Å². The SMILES string of the molecule is CCOC(=O)Cc1cc2cnccc2s1. The van der Waals surface area contributed by atoms with Crippen molar-refractivity contribution in [2.45, 2.75) is 13.3 Å². The maximum absolute atomic E-state index is 11.3. The van der Waals surface area contributed by atoms with Crippen LogP contribution < -0.4 is 0 Å². The quantitative estimate of drug-likeness (QED) is 0.747. The van der Waals surface area contributed by atoms with E-state index in [1.807, 2.05) is 19.1 Å². The minimum atomic E-state index is -0.169. The number of thiophene rings is 1. The smallest absolute Gasteiger partial charge is 0.311 e. The minimum absolute atomic E-state index is 0.169. The number of hydrogen-bond donors (Lipinski definition) is 0. The molecule has 2 rings (SSSR count). The monoisotopic (exact) mass is 221 g/mol. The maximum atomic E-state index is 11.3. The molecule has 0 N–H and O–H groups in total. The third kappa shape index (κ3) is 2.33. The van der Waals surface area contributed by atoms with Crippen LogP contribution in [0.2, 0.25) is 0 Å². The summed E-state index contributed by atoms with van der Waals surface area (Å²) in [4.78, 5) is 16.3. The van der Waals surface area contributed by atoms with E-state index in [0.717, 1.165) is 15.0 Å². The zero-order valence-electron chi connectivity index (χ0n) is 8.40. The van der Waals surface area contributed by atoms with E-state index in [1.54, 1.807) is 23.7 Å². The van der Waals surface area contributed by atoms with E-state index in [-0.39, 0.29) is 5.97 Å². The van der Waals surface area contributed by atoms with Crippen molar-refractivity contribution in [1.29, 1.82) is 0 Å². The van der Waals surface area contributed by atoms with Crippen LogP contribution in [0.25, 0.3) is 10.1 Å². The Morgan fingerprint density at radius 2 is 2.47 bits per heavy atom. The highest BCUT2D eigenvalue weighted by Crippen LogP contribution is 2.24. The van der Waals surface area contributed by atoms with Crippen molar-refractivity contribution in [2.24, 2.45) is 0 Å². The topological polar surface area (TPSA) is 39.2 Å². The average Bonchev–Trinajstić information content (AvgIpc) is 2.59. The van der Waals surface area contributed by atoms with E-state index < -0.39 is 0 Å². The van der Waals surface area contributed by atoms with E-state index in [9.17, 15) is 4.79 Å². The number of fused-ring (bicyclic) bond motifs is 1. The molecule has 0 saturated heterocycles. The second kappa shape index (κ2) is 4.40. The zero-order chi connectivity index (χ0) is 10.7. The lowest BCUT2D eigenvalue weighted by Gasteiger charge is -1.97. The van der Waals surface area contributed by atoms with Crippen molar-refractivity contribution in [1.82, 2.24) is 4.98 Å².